The van der Waals surface area contributed by atoms with E-state index in [4.69, 9.17) is 4.74 Å². The highest BCUT2D eigenvalue weighted by molar-refractivity contribution is 7.09. The van der Waals surface area contributed by atoms with Crippen molar-refractivity contribution in [3.05, 3.63) is 22.4 Å². The van der Waals surface area contributed by atoms with Crippen molar-refractivity contribution in [1.29, 1.82) is 0 Å². The number of nitrogens with one attached hydrogen (secondary N) is 1. The molecular formula is C15H24N2OS. The van der Waals surface area contributed by atoms with Crippen LogP contribution in [0.1, 0.15) is 30.6 Å². The quantitative estimate of drug-likeness (QED) is 0.740. The van der Waals surface area contributed by atoms with Gasteiger partial charge in [0, 0.05) is 43.7 Å². The van der Waals surface area contributed by atoms with E-state index in [0.29, 0.717) is 6.10 Å². The zero-order valence-corrected chi connectivity index (χ0v) is 12.3. The number of hydrogen-bond donors (Lipinski definition) is 1. The maximum Gasteiger partial charge on any atom is 0.0700 e. The molecule has 1 unspecified atom stereocenters. The molecule has 2 aliphatic rings. The van der Waals surface area contributed by atoms with E-state index in [9.17, 15) is 0 Å². The summed E-state index contributed by atoms with van der Waals surface area (Å²) in [6.45, 7) is 5.36. The first-order valence-corrected chi connectivity index (χ1v) is 8.38. The normalized spacial score (nSPS) is 23.3. The standard InChI is InChI=1S/C15H24N2OS/c1-3-14(18-9-1)11-16-7-8-17(13-5-6-13)12-15-4-2-10-19-15/h2,4,10,13-14,16H,1,3,5-9,11-12H2. The summed E-state index contributed by atoms with van der Waals surface area (Å²) in [5.74, 6) is 0. The predicted octanol–water partition coefficient (Wildman–Crippen LogP) is 2.48. The van der Waals surface area contributed by atoms with E-state index in [0.717, 1.165) is 38.8 Å². The minimum Gasteiger partial charge on any atom is -0.377 e. The molecule has 0 radical (unpaired) electrons. The molecule has 0 amide bonds. The summed E-state index contributed by atoms with van der Waals surface area (Å²) in [7, 11) is 0. The Morgan fingerprint density at radius 3 is 3.00 bits per heavy atom. The first kappa shape index (κ1) is 13.6. The van der Waals surface area contributed by atoms with Gasteiger partial charge in [0.05, 0.1) is 6.10 Å². The molecule has 1 aromatic rings. The topological polar surface area (TPSA) is 24.5 Å². The number of ether oxygens (including phenoxy) is 1. The van der Waals surface area contributed by atoms with Crippen LogP contribution in [0.2, 0.25) is 0 Å². The van der Waals surface area contributed by atoms with E-state index in [-0.39, 0.29) is 0 Å². The van der Waals surface area contributed by atoms with Gasteiger partial charge in [-0.05, 0) is 37.1 Å². The van der Waals surface area contributed by atoms with E-state index in [1.165, 1.54) is 30.6 Å². The molecule has 0 aromatic carbocycles. The molecular weight excluding hydrogens is 256 g/mol. The molecule has 4 heteroatoms. The Morgan fingerprint density at radius 1 is 1.37 bits per heavy atom. The van der Waals surface area contributed by atoms with Crippen LogP contribution in [0.25, 0.3) is 0 Å². The highest BCUT2D eigenvalue weighted by atomic mass is 32.1. The van der Waals surface area contributed by atoms with Gasteiger partial charge in [0.1, 0.15) is 0 Å². The molecule has 0 bridgehead atoms. The lowest BCUT2D eigenvalue weighted by atomic mass is 10.2. The smallest absolute Gasteiger partial charge is 0.0700 e. The van der Waals surface area contributed by atoms with Gasteiger partial charge in [-0.2, -0.15) is 0 Å². The third kappa shape index (κ3) is 4.28. The summed E-state index contributed by atoms with van der Waals surface area (Å²) < 4.78 is 5.63. The zero-order valence-electron chi connectivity index (χ0n) is 11.5. The van der Waals surface area contributed by atoms with Crippen LogP contribution >= 0.6 is 11.3 Å². The highest BCUT2D eigenvalue weighted by Gasteiger charge is 2.28. The first-order valence-electron chi connectivity index (χ1n) is 7.50. The van der Waals surface area contributed by atoms with Crippen LogP contribution in [-0.2, 0) is 11.3 Å². The molecule has 1 atom stereocenters. The highest BCUT2D eigenvalue weighted by Crippen LogP contribution is 2.28. The monoisotopic (exact) mass is 280 g/mol. The van der Waals surface area contributed by atoms with Crippen LogP contribution in [0.4, 0.5) is 0 Å². The SMILES string of the molecule is c1csc(CN(CCNCC2CCCO2)C2CC2)c1. The molecule has 19 heavy (non-hydrogen) atoms. The van der Waals surface area contributed by atoms with Gasteiger partial charge in [-0.15, -0.1) is 11.3 Å². The molecule has 1 aliphatic carbocycles. The summed E-state index contributed by atoms with van der Waals surface area (Å²) >= 11 is 1.87. The van der Waals surface area contributed by atoms with Crippen molar-refractivity contribution in [3.63, 3.8) is 0 Å². The van der Waals surface area contributed by atoms with E-state index >= 15 is 0 Å². The first-order chi connectivity index (χ1) is 9.42. The van der Waals surface area contributed by atoms with Gasteiger partial charge in [0.25, 0.3) is 0 Å². The zero-order chi connectivity index (χ0) is 12.9. The fraction of sp³-hybridized carbons (Fsp3) is 0.733. The fourth-order valence-corrected chi connectivity index (χ4v) is 3.45. The van der Waals surface area contributed by atoms with Crippen molar-refractivity contribution in [2.75, 3.05) is 26.2 Å². The largest absolute Gasteiger partial charge is 0.377 e. The maximum atomic E-state index is 5.63. The number of thiophene rings is 1. The predicted molar refractivity (Wildman–Crippen MR) is 79.6 cm³/mol. The molecule has 1 saturated carbocycles. The van der Waals surface area contributed by atoms with Gasteiger partial charge in [-0.25, -0.2) is 0 Å². The van der Waals surface area contributed by atoms with Crippen molar-refractivity contribution in [2.24, 2.45) is 0 Å². The average Bonchev–Trinajstić information content (AvgIpc) is 2.92. The lowest BCUT2D eigenvalue weighted by Gasteiger charge is -2.22. The molecule has 2 fully saturated rings. The second-order valence-corrected chi connectivity index (χ2v) is 6.65. The number of rotatable bonds is 8. The van der Waals surface area contributed by atoms with Crippen molar-refractivity contribution >= 4 is 11.3 Å². The molecule has 1 aromatic heterocycles. The summed E-state index contributed by atoms with van der Waals surface area (Å²) in [5, 5.41) is 5.73. The Hall–Kier alpha value is -0.420. The van der Waals surface area contributed by atoms with E-state index < -0.39 is 0 Å². The van der Waals surface area contributed by atoms with Crippen LogP contribution < -0.4 is 5.32 Å². The molecule has 1 aliphatic heterocycles. The Balaban J connectivity index is 1.36. The van der Waals surface area contributed by atoms with E-state index in [1.54, 1.807) is 0 Å². The van der Waals surface area contributed by atoms with Crippen molar-refractivity contribution in [3.8, 4) is 0 Å². The number of nitrogens with zero attached hydrogens (tertiary/aromatic N) is 1. The van der Waals surface area contributed by atoms with Gasteiger partial charge in [-0.3, -0.25) is 4.90 Å². The van der Waals surface area contributed by atoms with Crippen molar-refractivity contribution < 1.29 is 4.74 Å². The lowest BCUT2D eigenvalue weighted by molar-refractivity contribution is 0.109. The van der Waals surface area contributed by atoms with Crippen LogP contribution in [-0.4, -0.2) is 43.3 Å². The average molecular weight is 280 g/mol. The van der Waals surface area contributed by atoms with Gasteiger partial charge in [0.2, 0.25) is 0 Å². The second kappa shape index (κ2) is 6.84. The molecule has 106 valence electrons. The molecule has 0 spiro atoms. The van der Waals surface area contributed by atoms with Gasteiger partial charge in [0.15, 0.2) is 0 Å². The summed E-state index contributed by atoms with van der Waals surface area (Å²) in [4.78, 5) is 4.12. The van der Waals surface area contributed by atoms with Gasteiger partial charge < -0.3 is 10.1 Å². The van der Waals surface area contributed by atoms with Crippen LogP contribution in [0.3, 0.4) is 0 Å². The molecule has 1 saturated heterocycles. The minimum atomic E-state index is 0.465. The van der Waals surface area contributed by atoms with Crippen LogP contribution in [0, 0.1) is 0 Å². The third-order valence-electron chi connectivity index (χ3n) is 3.97. The van der Waals surface area contributed by atoms with E-state index in [1.807, 2.05) is 11.3 Å². The van der Waals surface area contributed by atoms with Crippen molar-refractivity contribution in [2.45, 2.75) is 44.4 Å². The lowest BCUT2D eigenvalue weighted by Crippen LogP contribution is -2.36. The summed E-state index contributed by atoms with van der Waals surface area (Å²) in [6, 6.07) is 5.24. The molecule has 3 rings (SSSR count). The van der Waals surface area contributed by atoms with Gasteiger partial charge >= 0.3 is 0 Å². The number of hydrogen-bond acceptors (Lipinski definition) is 4. The summed E-state index contributed by atoms with van der Waals surface area (Å²) in [6.07, 6.45) is 5.70. The molecule has 2 heterocycles. The Labute approximate surface area is 119 Å². The Morgan fingerprint density at radius 2 is 2.32 bits per heavy atom. The Kier molecular flexibility index (Phi) is 4.88. The molecule has 3 nitrogen and oxygen atoms in total. The van der Waals surface area contributed by atoms with Crippen molar-refractivity contribution in [1.82, 2.24) is 10.2 Å². The summed E-state index contributed by atoms with van der Waals surface area (Å²) in [5.41, 5.74) is 0. The molecule has 1 N–H and O–H groups in total. The van der Waals surface area contributed by atoms with Crippen LogP contribution in [0.5, 0.6) is 0 Å². The Bertz CT molecular complexity index is 358. The second-order valence-electron chi connectivity index (χ2n) is 5.62. The van der Waals surface area contributed by atoms with Crippen LogP contribution in [0.15, 0.2) is 17.5 Å². The van der Waals surface area contributed by atoms with Gasteiger partial charge in [-0.1, -0.05) is 6.07 Å². The maximum absolute atomic E-state index is 5.63. The van der Waals surface area contributed by atoms with E-state index in [2.05, 4.69) is 27.7 Å². The third-order valence-corrected chi connectivity index (χ3v) is 4.84. The minimum absolute atomic E-state index is 0.465. The fourth-order valence-electron chi connectivity index (χ4n) is 2.72.